The molecule has 3 heterocycles. The maximum atomic E-state index is 5.61. The van der Waals surface area contributed by atoms with Crippen molar-refractivity contribution in [3.8, 4) is 0 Å². The number of ether oxygens (including phenoxy) is 1. The zero-order valence-corrected chi connectivity index (χ0v) is 16.0. The standard InChI is InChI=1S/C19H31N3OS/c1-15-20-17(13-24-15)11-21-10-16(12-23-2)19(14-21)6-8-22(9-7-19)18-4-3-5-18/h13,16,18H,3-12,14H2,1-2H3. The Bertz CT molecular complexity index is 549. The molecular formula is C19H31N3OS. The second-order valence-corrected chi connectivity index (χ2v) is 9.23. The molecule has 2 aliphatic heterocycles. The molecule has 4 rings (SSSR count). The van der Waals surface area contributed by atoms with E-state index in [-0.39, 0.29) is 0 Å². The third-order valence-electron chi connectivity index (χ3n) is 6.69. The molecule has 0 bridgehead atoms. The topological polar surface area (TPSA) is 28.6 Å². The number of hydrogen-bond acceptors (Lipinski definition) is 5. The minimum Gasteiger partial charge on any atom is -0.384 e. The Balaban J connectivity index is 1.41. The highest BCUT2D eigenvalue weighted by molar-refractivity contribution is 7.09. The Labute approximate surface area is 150 Å². The Morgan fingerprint density at radius 2 is 2.12 bits per heavy atom. The summed E-state index contributed by atoms with van der Waals surface area (Å²) in [4.78, 5) is 10.1. The summed E-state index contributed by atoms with van der Waals surface area (Å²) in [6.45, 7) is 9.03. The van der Waals surface area contributed by atoms with E-state index in [1.807, 2.05) is 7.11 Å². The number of piperidine rings is 1. The average molecular weight is 350 g/mol. The van der Waals surface area contributed by atoms with E-state index in [1.165, 1.54) is 69.0 Å². The number of hydrogen-bond donors (Lipinski definition) is 0. The van der Waals surface area contributed by atoms with Crippen molar-refractivity contribution in [1.82, 2.24) is 14.8 Å². The zero-order chi connectivity index (χ0) is 16.6. The van der Waals surface area contributed by atoms with Gasteiger partial charge in [0.2, 0.25) is 0 Å². The van der Waals surface area contributed by atoms with Gasteiger partial charge in [0.05, 0.1) is 17.3 Å². The molecule has 0 radical (unpaired) electrons. The number of aromatic nitrogens is 1. The van der Waals surface area contributed by atoms with Gasteiger partial charge in [-0.15, -0.1) is 11.3 Å². The van der Waals surface area contributed by atoms with E-state index in [0.29, 0.717) is 11.3 Å². The van der Waals surface area contributed by atoms with Crippen LogP contribution in [-0.2, 0) is 11.3 Å². The predicted molar refractivity (Wildman–Crippen MR) is 98.4 cm³/mol. The van der Waals surface area contributed by atoms with Gasteiger partial charge in [-0.05, 0) is 51.1 Å². The molecule has 0 amide bonds. The fourth-order valence-corrected chi connectivity index (χ4v) is 5.66. The zero-order valence-electron chi connectivity index (χ0n) is 15.2. The minimum absolute atomic E-state index is 0.474. The fourth-order valence-electron chi connectivity index (χ4n) is 5.06. The van der Waals surface area contributed by atoms with Crippen molar-refractivity contribution in [2.24, 2.45) is 11.3 Å². The molecule has 1 aromatic heterocycles. The normalized spacial score (nSPS) is 28.5. The van der Waals surface area contributed by atoms with Gasteiger partial charge >= 0.3 is 0 Å². The average Bonchev–Trinajstić information content (AvgIpc) is 3.05. The Kier molecular flexibility index (Phi) is 4.96. The molecule has 134 valence electrons. The van der Waals surface area contributed by atoms with Crippen molar-refractivity contribution < 1.29 is 4.74 Å². The Hall–Kier alpha value is -0.490. The third-order valence-corrected chi connectivity index (χ3v) is 7.51. The van der Waals surface area contributed by atoms with E-state index in [1.54, 1.807) is 11.3 Å². The molecule has 24 heavy (non-hydrogen) atoms. The highest BCUT2D eigenvalue weighted by Gasteiger charge is 2.48. The highest BCUT2D eigenvalue weighted by Crippen LogP contribution is 2.46. The summed E-state index contributed by atoms with van der Waals surface area (Å²) in [5, 5.41) is 3.41. The van der Waals surface area contributed by atoms with E-state index in [2.05, 4.69) is 27.1 Å². The van der Waals surface area contributed by atoms with Crippen LogP contribution in [0.4, 0.5) is 0 Å². The van der Waals surface area contributed by atoms with Crippen molar-refractivity contribution in [2.75, 3.05) is 39.9 Å². The molecule has 1 aromatic rings. The lowest BCUT2D eigenvalue weighted by atomic mass is 9.70. The second kappa shape index (κ2) is 7.02. The van der Waals surface area contributed by atoms with Gasteiger partial charge in [0, 0.05) is 44.1 Å². The summed E-state index contributed by atoms with van der Waals surface area (Å²) in [5.41, 5.74) is 1.72. The number of likely N-dealkylation sites (tertiary alicyclic amines) is 2. The van der Waals surface area contributed by atoms with Gasteiger partial charge in [-0.3, -0.25) is 4.90 Å². The first-order chi connectivity index (χ1) is 11.7. The number of nitrogens with zero attached hydrogens (tertiary/aromatic N) is 3. The van der Waals surface area contributed by atoms with Crippen LogP contribution in [0.1, 0.15) is 42.8 Å². The van der Waals surface area contributed by atoms with Crippen LogP contribution in [0.5, 0.6) is 0 Å². The quantitative estimate of drug-likeness (QED) is 0.816. The molecule has 1 saturated carbocycles. The van der Waals surface area contributed by atoms with Crippen molar-refractivity contribution in [3.05, 3.63) is 16.1 Å². The maximum absolute atomic E-state index is 5.61. The van der Waals surface area contributed by atoms with Gasteiger partial charge in [0.1, 0.15) is 0 Å². The lowest BCUT2D eigenvalue weighted by molar-refractivity contribution is 0.00817. The lowest BCUT2D eigenvalue weighted by Crippen LogP contribution is -2.50. The van der Waals surface area contributed by atoms with Crippen molar-refractivity contribution in [2.45, 2.75) is 51.6 Å². The maximum Gasteiger partial charge on any atom is 0.0897 e. The number of thiazole rings is 1. The summed E-state index contributed by atoms with van der Waals surface area (Å²) in [6.07, 6.45) is 7.02. The molecule has 2 saturated heterocycles. The van der Waals surface area contributed by atoms with Crippen LogP contribution >= 0.6 is 11.3 Å². The number of rotatable bonds is 5. The van der Waals surface area contributed by atoms with Gasteiger partial charge < -0.3 is 9.64 Å². The smallest absolute Gasteiger partial charge is 0.0897 e. The van der Waals surface area contributed by atoms with Crippen molar-refractivity contribution in [3.63, 3.8) is 0 Å². The monoisotopic (exact) mass is 349 g/mol. The van der Waals surface area contributed by atoms with E-state index in [9.17, 15) is 0 Å². The summed E-state index contributed by atoms with van der Waals surface area (Å²) in [6, 6.07) is 0.902. The molecule has 3 aliphatic rings. The molecule has 0 aromatic carbocycles. The van der Waals surface area contributed by atoms with Gasteiger partial charge in [-0.1, -0.05) is 6.42 Å². The van der Waals surface area contributed by atoms with Crippen LogP contribution in [-0.4, -0.2) is 60.7 Å². The largest absolute Gasteiger partial charge is 0.384 e. The molecule has 0 N–H and O–H groups in total. The molecule has 3 fully saturated rings. The number of aryl methyl sites for hydroxylation is 1. The minimum atomic E-state index is 0.474. The van der Waals surface area contributed by atoms with Gasteiger partial charge in [-0.25, -0.2) is 4.98 Å². The van der Waals surface area contributed by atoms with E-state index in [0.717, 1.165) is 19.2 Å². The first-order valence-electron chi connectivity index (χ1n) is 9.55. The van der Waals surface area contributed by atoms with Crippen LogP contribution in [0.2, 0.25) is 0 Å². The third kappa shape index (κ3) is 3.28. The van der Waals surface area contributed by atoms with Crippen molar-refractivity contribution in [1.29, 1.82) is 0 Å². The Morgan fingerprint density at radius 3 is 2.71 bits per heavy atom. The molecule has 5 heteroatoms. The van der Waals surface area contributed by atoms with Crippen LogP contribution in [0.15, 0.2) is 5.38 Å². The van der Waals surface area contributed by atoms with Gasteiger partial charge in [0.15, 0.2) is 0 Å². The second-order valence-electron chi connectivity index (χ2n) is 8.16. The molecule has 1 unspecified atom stereocenters. The Morgan fingerprint density at radius 1 is 1.33 bits per heavy atom. The molecule has 1 spiro atoms. The molecule has 1 atom stereocenters. The van der Waals surface area contributed by atoms with Crippen LogP contribution < -0.4 is 0 Å². The van der Waals surface area contributed by atoms with Gasteiger partial charge in [-0.2, -0.15) is 0 Å². The van der Waals surface area contributed by atoms with Gasteiger partial charge in [0.25, 0.3) is 0 Å². The lowest BCUT2D eigenvalue weighted by Gasteiger charge is -2.47. The molecule has 4 nitrogen and oxygen atoms in total. The summed E-state index contributed by atoms with van der Waals surface area (Å²) in [7, 11) is 1.86. The SMILES string of the molecule is COCC1CN(Cc2csc(C)n2)CC12CCN(C1CCC1)CC2. The fraction of sp³-hybridized carbons (Fsp3) is 0.842. The predicted octanol–water partition coefficient (Wildman–Crippen LogP) is 3.16. The van der Waals surface area contributed by atoms with Crippen molar-refractivity contribution >= 4 is 11.3 Å². The molecule has 1 aliphatic carbocycles. The van der Waals surface area contributed by atoms with E-state index >= 15 is 0 Å². The summed E-state index contributed by atoms with van der Waals surface area (Å²) >= 11 is 1.77. The summed E-state index contributed by atoms with van der Waals surface area (Å²) < 4.78 is 5.61. The number of methoxy groups -OCH3 is 1. The first kappa shape index (κ1) is 17.0. The van der Waals surface area contributed by atoms with Crippen LogP contribution in [0.25, 0.3) is 0 Å². The van der Waals surface area contributed by atoms with E-state index in [4.69, 9.17) is 4.74 Å². The van der Waals surface area contributed by atoms with Crippen LogP contribution in [0.3, 0.4) is 0 Å². The van der Waals surface area contributed by atoms with E-state index < -0.39 is 0 Å². The van der Waals surface area contributed by atoms with Crippen LogP contribution in [0, 0.1) is 18.3 Å². The first-order valence-corrected chi connectivity index (χ1v) is 10.4. The summed E-state index contributed by atoms with van der Waals surface area (Å²) in [5.74, 6) is 0.686. The highest BCUT2D eigenvalue weighted by atomic mass is 32.1. The molecular weight excluding hydrogens is 318 g/mol.